The van der Waals surface area contributed by atoms with E-state index in [1.54, 1.807) is 19.9 Å². The molecule has 0 fully saturated rings. The van der Waals surface area contributed by atoms with Gasteiger partial charge in [0, 0.05) is 30.0 Å². The van der Waals surface area contributed by atoms with E-state index < -0.39 is 23.7 Å². The molecule has 1 aliphatic heterocycles. The number of ether oxygens (including phenoxy) is 2. The van der Waals surface area contributed by atoms with E-state index >= 15 is 0 Å². The van der Waals surface area contributed by atoms with Crippen molar-refractivity contribution >= 4 is 17.3 Å². The first kappa shape index (κ1) is 17.4. The second kappa shape index (κ2) is 6.16. The Bertz CT molecular complexity index is 889. The zero-order valence-electron chi connectivity index (χ0n) is 14.3. The van der Waals surface area contributed by atoms with E-state index in [0.717, 1.165) is 0 Å². The van der Waals surface area contributed by atoms with E-state index in [1.165, 1.54) is 7.11 Å². The number of benzene rings is 1. The quantitative estimate of drug-likeness (QED) is 0.780. The molecule has 1 aliphatic rings. The molecule has 134 valence electrons. The normalized spacial score (nSPS) is 16.6. The zero-order chi connectivity index (χ0) is 18.4. The van der Waals surface area contributed by atoms with Crippen molar-refractivity contribution in [2.45, 2.75) is 45.0 Å². The molecule has 1 atom stereocenters. The van der Waals surface area contributed by atoms with Crippen LogP contribution in [0.1, 0.15) is 30.7 Å². The van der Waals surface area contributed by atoms with Crippen LogP contribution < -0.4 is 14.9 Å². The molecule has 0 saturated carbocycles. The van der Waals surface area contributed by atoms with Crippen molar-refractivity contribution in [3.05, 3.63) is 33.2 Å². The summed E-state index contributed by atoms with van der Waals surface area (Å²) in [7, 11) is 1.44. The van der Waals surface area contributed by atoms with Crippen LogP contribution in [0.5, 0.6) is 11.5 Å². The third-order valence-electron chi connectivity index (χ3n) is 4.46. The maximum atomic E-state index is 12.9. The van der Waals surface area contributed by atoms with E-state index in [2.05, 4.69) is 0 Å². The van der Waals surface area contributed by atoms with Crippen molar-refractivity contribution in [1.82, 2.24) is 0 Å². The molecule has 7 heteroatoms. The highest BCUT2D eigenvalue weighted by Crippen LogP contribution is 2.43. The van der Waals surface area contributed by atoms with E-state index in [4.69, 9.17) is 13.9 Å². The highest BCUT2D eigenvalue weighted by molar-refractivity contribution is 5.88. The van der Waals surface area contributed by atoms with Crippen LogP contribution in [0, 0.1) is 0 Å². The molecule has 0 radical (unpaired) electrons. The highest BCUT2D eigenvalue weighted by Gasteiger charge is 2.38. The summed E-state index contributed by atoms with van der Waals surface area (Å²) in [6.45, 7) is 2.79. The van der Waals surface area contributed by atoms with Gasteiger partial charge < -0.3 is 28.9 Å². The molecule has 2 heterocycles. The Hall–Kier alpha value is -2.38. The SMILES string of the molecule is COc1c2c(cc3oc(CO)c(CC=O)c(=O)c13)O[C@@H](C(C)(C)O)C2. The van der Waals surface area contributed by atoms with Gasteiger partial charge in [-0.05, 0) is 13.8 Å². The number of methoxy groups -OCH3 is 1. The minimum atomic E-state index is -1.08. The number of aliphatic hydroxyl groups is 2. The molecule has 0 unspecified atom stereocenters. The Labute approximate surface area is 143 Å². The van der Waals surface area contributed by atoms with E-state index in [0.29, 0.717) is 29.8 Å². The molecule has 7 nitrogen and oxygen atoms in total. The molecular formula is C18H20O7. The van der Waals surface area contributed by atoms with Crippen molar-refractivity contribution in [3.63, 3.8) is 0 Å². The van der Waals surface area contributed by atoms with Crippen LogP contribution >= 0.6 is 0 Å². The summed E-state index contributed by atoms with van der Waals surface area (Å²) in [6.07, 6.45) is 0.319. The van der Waals surface area contributed by atoms with Gasteiger partial charge in [0.05, 0.1) is 12.7 Å². The Morgan fingerprint density at radius 1 is 1.44 bits per heavy atom. The van der Waals surface area contributed by atoms with E-state index in [9.17, 15) is 19.8 Å². The van der Waals surface area contributed by atoms with Crippen LogP contribution in [-0.4, -0.2) is 35.3 Å². The van der Waals surface area contributed by atoms with E-state index in [-0.39, 0.29) is 28.7 Å². The van der Waals surface area contributed by atoms with Gasteiger partial charge in [0.2, 0.25) is 0 Å². The van der Waals surface area contributed by atoms with E-state index in [1.807, 2.05) is 0 Å². The largest absolute Gasteiger partial charge is 0.495 e. The molecule has 1 aromatic carbocycles. The number of rotatable bonds is 5. The summed E-state index contributed by atoms with van der Waals surface area (Å²) in [5, 5.41) is 19.9. The van der Waals surface area contributed by atoms with Gasteiger partial charge in [-0.3, -0.25) is 4.79 Å². The number of aldehydes is 1. The number of hydrogen-bond donors (Lipinski definition) is 2. The lowest BCUT2D eigenvalue weighted by Gasteiger charge is -2.24. The van der Waals surface area contributed by atoms with Gasteiger partial charge in [0.25, 0.3) is 0 Å². The molecule has 2 N–H and O–H groups in total. The van der Waals surface area contributed by atoms with Crippen LogP contribution in [-0.2, 0) is 24.2 Å². The van der Waals surface area contributed by atoms with Crippen LogP contribution in [0.25, 0.3) is 11.0 Å². The summed E-state index contributed by atoms with van der Waals surface area (Å²) < 4.78 is 16.9. The van der Waals surface area contributed by atoms with Crippen molar-refractivity contribution in [2.75, 3.05) is 7.11 Å². The lowest BCUT2D eigenvalue weighted by atomic mass is 9.95. The van der Waals surface area contributed by atoms with Gasteiger partial charge in [-0.25, -0.2) is 0 Å². The molecule has 1 aromatic heterocycles. The maximum Gasteiger partial charge on any atom is 0.200 e. The van der Waals surface area contributed by atoms with Gasteiger partial charge in [-0.1, -0.05) is 0 Å². The zero-order valence-corrected chi connectivity index (χ0v) is 14.3. The number of aliphatic hydroxyl groups excluding tert-OH is 1. The second-order valence-electron chi connectivity index (χ2n) is 6.59. The Balaban J connectivity index is 2.30. The lowest BCUT2D eigenvalue weighted by molar-refractivity contribution is -0.107. The smallest absolute Gasteiger partial charge is 0.200 e. The van der Waals surface area contributed by atoms with Crippen LogP contribution in [0.2, 0.25) is 0 Å². The summed E-state index contributed by atoms with van der Waals surface area (Å²) >= 11 is 0. The monoisotopic (exact) mass is 348 g/mol. The summed E-state index contributed by atoms with van der Waals surface area (Å²) in [5.41, 5.74) is -0.504. The van der Waals surface area contributed by atoms with Crippen LogP contribution in [0.15, 0.2) is 15.3 Å². The number of carbonyl (C=O) groups excluding carboxylic acids is 1. The predicted molar refractivity (Wildman–Crippen MR) is 89.1 cm³/mol. The Kier molecular flexibility index (Phi) is 4.30. The summed E-state index contributed by atoms with van der Waals surface area (Å²) in [6, 6.07) is 1.56. The fourth-order valence-electron chi connectivity index (χ4n) is 3.14. The van der Waals surface area contributed by atoms with Gasteiger partial charge in [-0.15, -0.1) is 0 Å². The van der Waals surface area contributed by atoms with Gasteiger partial charge in [0.15, 0.2) is 5.43 Å². The van der Waals surface area contributed by atoms with Crippen LogP contribution in [0.4, 0.5) is 0 Å². The highest BCUT2D eigenvalue weighted by atomic mass is 16.5. The van der Waals surface area contributed by atoms with Gasteiger partial charge in [-0.2, -0.15) is 0 Å². The van der Waals surface area contributed by atoms with Crippen molar-refractivity contribution in [3.8, 4) is 11.5 Å². The number of hydrogen-bond acceptors (Lipinski definition) is 7. The number of fused-ring (bicyclic) bond motifs is 2. The van der Waals surface area contributed by atoms with Crippen molar-refractivity contribution in [1.29, 1.82) is 0 Å². The summed E-state index contributed by atoms with van der Waals surface area (Å²) in [4.78, 5) is 23.7. The lowest BCUT2D eigenvalue weighted by Crippen LogP contribution is -2.39. The van der Waals surface area contributed by atoms with Crippen molar-refractivity contribution in [2.24, 2.45) is 0 Å². The second-order valence-corrected chi connectivity index (χ2v) is 6.59. The average Bonchev–Trinajstić information content (AvgIpc) is 2.99. The molecule has 2 aromatic rings. The average molecular weight is 348 g/mol. The first-order chi connectivity index (χ1) is 11.8. The molecule has 0 spiro atoms. The minimum Gasteiger partial charge on any atom is -0.495 e. The predicted octanol–water partition coefficient (Wildman–Crippen LogP) is 1.11. The first-order valence-corrected chi connectivity index (χ1v) is 7.93. The maximum absolute atomic E-state index is 12.9. The third-order valence-corrected chi connectivity index (χ3v) is 4.46. The standard InChI is InChI=1S/C18H20O7/c1-18(2,22)14-6-10-11(25-14)7-12-15(17(10)23-3)16(21)9(4-5-19)13(8-20)24-12/h5,7,14,20,22H,4,6,8H2,1-3H3/t14-/m1/s1. The number of carbonyl (C=O) groups is 1. The Morgan fingerprint density at radius 3 is 2.72 bits per heavy atom. The molecule has 0 saturated heterocycles. The van der Waals surface area contributed by atoms with Gasteiger partial charge >= 0.3 is 0 Å². The molecule has 25 heavy (non-hydrogen) atoms. The third kappa shape index (κ3) is 2.79. The van der Waals surface area contributed by atoms with Gasteiger partial charge in [0.1, 0.15) is 47.2 Å². The molecular weight excluding hydrogens is 328 g/mol. The molecule has 0 bridgehead atoms. The minimum absolute atomic E-state index is 0.0450. The van der Waals surface area contributed by atoms with Crippen molar-refractivity contribution < 1.29 is 28.9 Å². The topological polar surface area (TPSA) is 106 Å². The summed E-state index contributed by atoms with van der Waals surface area (Å²) in [5.74, 6) is 0.819. The fourth-order valence-corrected chi connectivity index (χ4v) is 3.14. The molecule has 0 amide bonds. The fraction of sp³-hybridized carbons (Fsp3) is 0.444. The molecule has 0 aliphatic carbocycles. The van der Waals surface area contributed by atoms with Crippen LogP contribution in [0.3, 0.4) is 0 Å². The first-order valence-electron chi connectivity index (χ1n) is 7.93. The molecule has 3 rings (SSSR count). The Morgan fingerprint density at radius 2 is 2.16 bits per heavy atom.